The summed E-state index contributed by atoms with van der Waals surface area (Å²) in [7, 11) is 0. The van der Waals surface area contributed by atoms with E-state index >= 15 is 0 Å². The van der Waals surface area contributed by atoms with Gasteiger partial charge in [0.1, 0.15) is 0 Å². The minimum atomic E-state index is 0.150. The zero-order valence-electron chi connectivity index (χ0n) is 20.0. The van der Waals surface area contributed by atoms with E-state index in [1.807, 2.05) is 25.2 Å². The van der Waals surface area contributed by atoms with Crippen LogP contribution in [0.3, 0.4) is 0 Å². The molecule has 0 nitrogen and oxygen atoms in total. The van der Waals surface area contributed by atoms with Gasteiger partial charge in [-0.05, 0) is 53.3 Å². The highest BCUT2D eigenvalue weighted by molar-refractivity contribution is 7.26. The van der Waals surface area contributed by atoms with Crippen LogP contribution in [0.4, 0.5) is 0 Å². The maximum absolute atomic E-state index is 2.32. The van der Waals surface area contributed by atoms with Crippen LogP contribution < -0.4 is 0 Å². The minimum Gasteiger partial charge on any atom is -0.135 e. The SMILES string of the molecule is CC.Cc1cccc2c1C(C)(C)c1ccccc1-2.Cc1cccc2c1sc1ccccc12. The molecule has 0 N–H and O–H groups in total. The third kappa shape index (κ3) is 3.65. The van der Waals surface area contributed by atoms with Gasteiger partial charge in [0.05, 0.1) is 0 Å². The molecule has 0 aliphatic heterocycles. The van der Waals surface area contributed by atoms with Crippen molar-refractivity contribution in [2.75, 3.05) is 0 Å². The van der Waals surface area contributed by atoms with Gasteiger partial charge in [0.2, 0.25) is 0 Å². The lowest BCUT2D eigenvalue weighted by molar-refractivity contribution is 0.655. The van der Waals surface area contributed by atoms with Crippen molar-refractivity contribution < 1.29 is 0 Å². The van der Waals surface area contributed by atoms with Gasteiger partial charge in [0, 0.05) is 25.6 Å². The predicted octanol–water partition coefficient (Wildman–Crippen LogP) is 9.69. The summed E-state index contributed by atoms with van der Waals surface area (Å²) in [4.78, 5) is 0. The molecule has 32 heavy (non-hydrogen) atoms. The Bertz CT molecular complexity index is 1380. The Hall–Kier alpha value is -2.90. The zero-order valence-corrected chi connectivity index (χ0v) is 20.8. The molecule has 0 radical (unpaired) electrons. The van der Waals surface area contributed by atoms with Crippen LogP contribution in [-0.4, -0.2) is 0 Å². The molecule has 4 aromatic carbocycles. The molecule has 0 unspecified atom stereocenters. The highest BCUT2D eigenvalue weighted by Gasteiger charge is 2.35. The van der Waals surface area contributed by atoms with Gasteiger partial charge in [-0.2, -0.15) is 0 Å². The van der Waals surface area contributed by atoms with Gasteiger partial charge >= 0.3 is 0 Å². The molecule has 5 aromatic rings. The zero-order chi connectivity index (χ0) is 22.9. The Morgan fingerprint density at radius 2 is 1.19 bits per heavy atom. The van der Waals surface area contributed by atoms with Crippen molar-refractivity contribution in [3.63, 3.8) is 0 Å². The molecule has 0 spiro atoms. The van der Waals surface area contributed by atoms with Crippen molar-refractivity contribution in [1.82, 2.24) is 0 Å². The smallest absolute Gasteiger partial charge is 0.0384 e. The summed E-state index contributed by atoms with van der Waals surface area (Å²) in [6, 6.07) is 30.5. The Labute approximate surface area is 196 Å². The van der Waals surface area contributed by atoms with Crippen LogP contribution >= 0.6 is 11.3 Å². The van der Waals surface area contributed by atoms with Gasteiger partial charge < -0.3 is 0 Å². The summed E-state index contributed by atoms with van der Waals surface area (Å²) in [6.45, 7) is 13.0. The summed E-state index contributed by atoms with van der Waals surface area (Å²) < 4.78 is 2.81. The van der Waals surface area contributed by atoms with Crippen molar-refractivity contribution >= 4 is 31.5 Å². The molecular weight excluding hydrogens is 404 g/mol. The van der Waals surface area contributed by atoms with Crippen LogP contribution in [0.2, 0.25) is 0 Å². The minimum absolute atomic E-state index is 0.150. The molecule has 1 heterocycles. The van der Waals surface area contributed by atoms with Crippen molar-refractivity contribution in [2.45, 2.75) is 47.0 Å². The van der Waals surface area contributed by atoms with E-state index in [4.69, 9.17) is 0 Å². The average Bonchev–Trinajstić information content (AvgIpc) is 3.31. The molecule has 0 saturated carbocycles. The second kappa shape index (κ2) is 8.92. The highest BCUT2D eigenvalue weighted by atomic mass is 32.1. The molecular formula is C31H32S. The molecule has 1 aromatic heterocycles. The van der Waals surface area contributed by atoms with Gasteiger partial charge in [0.15, 0.2) is 0 Å². The number of rotatable bonds is 0. The summed E-state index contributed by atoms with van der Waals surface area (Å²) >= 11 is 1.89. The Morgan fingerprint density at radius 3 is 2.00 bits per heavy atom. The molecule has 1 aliphatic rings. The van der Waals surface area contributed by atoms with E-state index in [2.05, 4.69) is 113 Å². The number of hydrogen-bond donors (Lipinski definition) is 0. The van der Waals surface area contributed by atoms with Gasteiger partial charge in [-0.1, -0.05) is 107 Å². The molecule has 0 fully saturated rings. The van der Waals surface area contributed by atoms with Crippen molar-refractivity contribution in [3.8, 4) is 11.1 Å². The van der Waals surface area contributed by atoms with Crippen LogP contribution in [-0.2, 0) is 5.41 Å². The number of thiophene rings is 1. The van der Waals surface area contributed by atoms with E-state index < -0.39 is 0 Å². The normalized spacial score (nSPS) is 12.9. The quantitative estimate of drug-likeness (QED) is 0.227. The third-order valence-electron chi connectivity index (χ3n) is 6.39. The van der Waals surface area contributed by atoms with Gasteiger partial charge in [-0.25, -0.2) is 0 Å². The van der Waals surface area contributed by atoms with Gasteiger partial charge in [0.25, 0.3) is 0 Å². The van der Waals surface area contributed by atoms with Crippen molar-refractivity contribution in [2.24, 2.45) is 0 Å². The first-order valence-electron chi connectivity index (χ1n) is 11.6. The lowest BCUT2D eigenvalue weighted by atomic mass is 9.80. The van der Waals surface area contributed by atoms with Crippen molar-refractivity contribution in [1.29, 1.82) is 0 Å². The average molecular weight is 437 g/mol. The standard InChI is InChI=1S/C16H16.C13H10S.C2H6/c1-11-7-6-9-13-12-8-4-5-10-14(12)16(2,3)15(11)13;1-9-5-4-7-11-10-6-2-3-8-12(10)14-13(9)11;1-2/h4-10H,1-3H3;2-8H,1H3;1-2H3. The van der Waals surface area contributed by atoms with E-state index in [1.54, 1.807) is 0 Å². The lowest BCUT2D eigenvalue weighted by Crippen LogP contribution is -2.16. The molecule has 0 atom stereocenters. The Kier molecular flexibility index (Phi) is 6.22. The largest absolute Gasteiger partial charge is 0.135 e. The third-order valence-corrected chi connectivity index (χ3v) is 7.71. The van der Waals surface area contributed by atoms with Crippen LogP contribution in [0.5, 0.6) is 0 Å². The Balaban J connectivity index is 0.000000143. The van der Waals surface area contributed by atoms with Gasteiger partial charge in [-0.3, -0.25) is 0 Å². The number of aryl methyl sites for hydroxylation is 2. The number of fused-ring (bicyclic) bond motifs is 6. The molecule has 1 heteroatoms. The fraction of sp³-hybridized carbons (Fsp3) is 0.226. The van der Waals surface area contributed by atoms with Crippen LogP contribution in [0.1, 0.15) is 49.9 Å². The fourth-order valence-corrected chi connectivity index (χ4v) is 6.18. The second-order valence-electron chi connectivity index (χ2n) is 8.72. The Morgan fingerprint density at radius 1 is 0.594 bits per heavy atom. The summed E-state index contributed by atoms with van der Waals surface area (Å²) in [5.74, 6) is 0. The summed E-state index contributed by atoms with van der Waals surface area (Å²) in [6.07, 6.45) is 0. The maximum Gasteiger partial charge on any atom is 0.0384 e. The topological polar surface area (TPSA) is 0 Å². The van der Waals surface area contributed by atoms with E-state index in [0.717, 1.165) is 0 Å². The van der Waals surface area contributed by atoms with E-state index in [9.17, 15) is 0 Å². The second-order valence-corrected chi connectivity index (χ2v) is 9.77. The molecule has 0 saturated heterocycles. The summed E-state index contributed by atoms with van der Waals surface area (Å²) in [5.41, 5.74) is 8.71. The molecule has 0 bridgehead atoms. The van der Waals surface area contributed by atoms with Crippen molar-refractivity contribution in [3.05, 3.63) is 107 Å². The van der Waals surface area contributed by atoms with Crippen LogP contribution in [0, 0.1) is 13.8 Å². The fourth-order valence-electron chi connectivity index (χ4n) is 5.01. The van der Waals surface area contributed by atoms with E-state index in [1.165, 1.54) is 53.6 Å². The maximum atomic E-state index is 2.32. The van der Waals surface area contributed by atoms with E-state index in [0.29, 0.717) is 0 Å². The number of benzene rings is 4. The molecule has 6 rings (SSSR count). The van der Waals surface area contributed by atoms with Gasteiger partial charge in [-0.15, -0.1) is 11.3 Å². The number of hydrogen-bond acceptors (Lipinski definition) is 1. The first-order chi connectivity index (χ1) is 15.5. The van der Waals surface area contributed by atoms with Crippen LogP contribution in [0.15, 0.2) is 84.9 Å². The summed E-state index contributed by atoms with van der Waals surface area (Å²) in [5, 5.41) is 2.78. The monoisotopic (exact) mass is 436 g/mol. The van der Waals surface area contributed by atoms with Crippen LogP contribution in [0.25, 0.3) is 31.3 Å². The van der Waals surface area contributed by atoms with E-state index in [-0.39, 0.29) is 5.41 Å². The first-order valence-corrected chi connectivity index (χ1v) is 12.4. The lowest BCUT2D eigenvalue weighted by Gasteiger charge is -2.23. The molecule has 1 aliphatic carbocycles. The molecule has 162 valence electrons. The first kappa shape index (κ1) is 22.3. The highest BCUT2D eigenvalue weighted by Crippen LogP contribution is 2.49. The predicted molar refractivity (Wildman–Crippen MR) is 144 cm³/mol. The molecule has 0 amide bonds.